The first kappa shape index (κ1) is 44.7. The summed E-state index contributed by atoms with van der Waals surface area (Å²) in [5, 5.41) is 18.2. The maximum atomic E-state index is 12.5. The molecule has 0 amide bonds. The molecular weight excluding hydrogens is 611 g/mol. The van der Waals surface area contributed by atoms with Gasteiger partial charge in [0.1, 0.15) is 12.7 Å². The van der Waals surface area contributed by atoms with Crippen molar-refractivity contribution in [3.63, 3.8) is 0 Å². The third-order valence-electron chi connectivity index (χ3n) is 7.70. The highest BCUT2D eigenvalue weighted by Gasteiger charge is 2.27. The Morgan fingerprint density at radius 3 is 1.65 bits per heavy atom. The van der Waals surface area contributed by atoms with Gasteiger partial charge in [0.25, 0.3) is 0 Å². The lowest BCUT2D eigenvalue weighted by atomic mass is 10.1. The molecule has 3 atom stereocenters. The fourth-order valence-corrected chi connectivity index (χ4v) is 5.65. The number of hydrogen-bond acceptors (Lipinski definition) is 9. The first-order valence-corrected chi connectivity index (χ1v) is 19.6. The van der Waals surface area contributed by atoms with Crippen LogP contribution in [0.5, 0.6) is 0 Å². The van der Waals surface area contributed by atoms with Crippen LogP contribution in [0, 0.1) is 0 Å². The molecule has 0 aromatic heterocycles. The molecule has 0 aliphatic carbocycles. The van der Waals surface area contributed by atoms with E-state index in [9.17, 15) is 24.2 Å². The molecule has 10 nitrogen and oxygen atoms in total. The van der Waals surface area contributed by atoms with E-state index in [1.165, 1.54) is 96.3 Å². The van der Waals surface area contributed by atoms with Gasteiger partial charge in [0.2, 0.25) is 0 Å². The highest BCUT2D eigenvalue weighted by atomic mass is 31.2. The lowest BCUT2D eigenvalue weighted by Gasteiger charge is -2.20. The van der Waals surface area contributed by atoms with Gasteiger partial charge < -0.3 is 24.6 Å². The fourth-order valence-electron chi connectivity index (χ4n) is 4.86. The quantitative estimate of drug-likeness (QED) is 0.0262. The predicted molar refractivity (Wildman–Crippen MR) is 182 cm³/mol. The lowest BCUT2D eigenvalue weighted by Crippen LogP contribution is -2.29. The largest absolute Gasteiger partial charge is 0.472 e. The Kier molecular flexibility index (Phi) is 31.4. The van der Waals surface area contributed by atoms with Crippen molar-refractivity contribution in [2.75, 3.05) is 26.4 Å². The third kappa shape index (κ3) is 31.3. The van der Waals surface area contributed by atoms with Crippen molar-refractivity contribution in [1.82, 2.24) is 0 Å². The standard InChI is InChI=1S/C35H67O10P/c1-3-5-7-9-11-13-15-16-17-19-20-22-24-26-34(38)42-30-33(31-44-46(40,41)43-29-32(37)28-36)45-35(39)27-25-23-21-18-14-12-10-8-6-4-2/h22,24,32-33,36-37H,3-21,23,25-31H2,1-2H3,(H,40,41)/b24-22+/t32-,33+/m0/s1. The SMILES string of the molecule is CCCCCCCCCCCC/C=C/CC(=O)OC[C@H](COP(=O)(O)OC[C@@H](O)CO)OC(=O)CCCCCCCCCCCC. The van der Waals surface area contributed by atoms with Gasteiger partial charge >= 0.3 is 19.8 Å². The van der Waals surface area contributed by atoms with E-state index in [4.69, 9.17) is 19.1 Å². The molecule has 3 N–H and O–H groups in total. The Labute approximate surface area is 279 Å². The van der Waals surface area contributed by atoms with Crippen LogP contribution in [0.4, 0.5) is 0 Å². The molecule has 11 heteroatoms. The summed E-state index contributed by atoms with van der Waals surface area (Å²) in [6.07, 6.45) is 26.4. The van der Waals surface area contributed by atoms with Crippen LogP contribution in [0.1, 0.15) is 162 Å². The first-order valence-electron chi connectivity index (χ1n) is 18.1. The Morgan fingerprint density at radius 1 is 0.652 bits per heavy atom. The molecule has 0 aliphatic rings. The van der Waals surface area contributed by atoms with Gasteiger partial charge in [-0.2, -0.15) is 0 Å². The summed E-state index contributed by atoms with van der Waals surface area (Å²) in [5.41, 5.74) is 0. The molecule has 0 aromatic carbocycles. The van der Waals surface area contributed by atoms with Crippen LogP contribution in [0.15, 0.2) is 12.2 Å². The minimum Gasteiger partial charge on any atom is -0.461 e. The smallest absolute Gasteiger partial charge is 0.461 e. The Bertz CT molecular complexity index is 791. The number of rotatable bonds is 34. The molecule has 0 aliphatic heterocycles. The minimum absolute atomic E-state index is 0.0680. The average molecular weight is 679 g/mol. The molecule has 0 heterocycles. The second-order valence-corrected chi connectivity index (χ2v) is 13.7. The van der Waals surface area contributed by atoms with Crippen LogP contribution in [-0.4, -0.2) is 65.7 Å². The number of phosphoric acid groups is 1. The van der Waals surface area contributed by atoms with Gasteiger partial charge in [-0.25, -0.2) is 4.57 Å². The Balaban J connectivity index is 4.43. The van der Waals surface area contributed by atoms with Crippen molar-refractivity contribution in [3.05, 3.63) is 12.2 Å². The van der Waals surface area contributed by atoms with Crippen LogP contribution in [-0.2, 0) is 32.7 Å². The zero-order chi connectivity index (χ0) is 34.1. The van der Waals surface area contributed by atoms with Gasteiger partial charge in [0, 0.05) is 6.42 Å². The molecule has 0 aromatic rings. The number of aliphatic hydroxyl groups is 2. The zero-order valence-electron chi connectivity index (χ0n) is 29.0. The van der Waals surface area contributed by atoms with Crippen LogP contribution in [0.2, 0.25) is 0 Å². The maximum Gasteiger partial charge on any atom is 0.472 e. The van der Waals surface area contributed by atoms with Gasteiger partial charge in [0.15, 0.2) is 6.10 Å². The number of esters is 2. The van der Waals surface area contributed by atoms with E-state index in [0.29, 0.717) is 6.42 Å². The molecule has 0 radical (unpaired) electrons. The number of ether oxygens (including phenoxy) is 2. The van der Waals surface area contributed by atoms with Crippen molar-refractivity contribution in [2.24, 2.45) is 0 Å². The molecule has 0 saturated carbocycles. The van der Waals surface area contributed by atoms with Crippen LogP contribution in [0.25, 0.3) is 0 Å². The van der Waals surface area contributed by atoms with Gasteiger partial charge in [-0.1, -0.05) is 142 Å². The average Bonchev–Trinajstić information content (AvgIpc) is 3.04. The summed E-state index contributed by atoms with van der Waals surface area (Å²) in [6.45, 7) is 2.29. The number of aliphatic hydroxyl groups excluding tert-OH is 2. The normalized spacial score (nSPS) is 14.3. The molecule has 1 unspecified atom stereocenters. The molecule has 0 spiro atoms. The number of allylic oxidation sites excluding steroid dienone is 1. The molecule has 46 heavy (non-hydrogen) atoms. The highest BCUT2D eigenvalue weighted by molar-refractivity contribution is 7.47. The highest BCUT2D eigenvalue weighted by Crippen LogP contribution is 2.43. The second kappa shape index (κ2) is 32.3. The van der Waals surface area contributed by atoms with Gasteiger partial charge in [-0.05, 0) is 19.3 Å². The van der Waals surface area contributed by atoms with Crippen molar-refractivity contribution in [1.29, 1.82) is 0 Å². The van der Waals surface area contributed by atoms with Crippen molar-refractivity contribution in [3.8, 4) is 0 Å². The Morgan fingerprint density at radius 2 is 1.13 bits per heavy atom. The maximum absolute atomic E-state index is 12.5. The van der Waals surface area contributed by atoms with E-state index in [0.717, 1.165) is 32.1 Å². The van der Waals surface area contributed by atoms with E-state index in [1.54, 1.807) is 6.08 Å². The summed E-state index contributed by atoms with van der Waals surface area (Å²) in [4.78, 5) is 34.6. The molecular formula is C35H67O10P. The van der Waals surface area contributed by atoms with Gasteiger partial charge in [0.05, 0.1) is 26.2 Å². The molecule has 0 bridgehead atoms. The lowest BCUT2D eigenvalue weighted by molar-refractivity contribution is -0.160. The number of phosphoric ester groups is 1. The third-order valence-corrected chi connectivity index (χ3v) is 8.65. The fraction of sp³-hybridized carbons (Fsp3) is 0.886. The number of carbonyl (C=O) groups excluding carboxylic acids is 2. The minimum atomic E-state index is -4.61. The molecule has 0 saturated heterocycles. The summed E-state index contributed by atoms with van der Waals surface area (Å²) in [6, 6.07) is 0. The van der Waals surface area contributed by atoms with E-state index in [1.807, 2.05) is 6.08 Å². The van der Waals surface area contributed by atoms with Crippen molar-refractivity contribution < 1.29 is 47.8 Å². The van der Waals surface area contributed by atoms with Gasteiger partial charge in [-0.3, -0.25) is 18.6 Å². The van der Waals surface area contributed by atoms with Crippen LogP contribution in [0.3, 0.4) is 0 Å². The van der Waals surface area contributed by atoms with Crippen molar-refractivity contribution >= 4 is 19.8 Å². The number of carbonyl (C=O) groups is 2. The van der Waals surface area contributed by atoms with Crippen molar-refractivity contribution in [2.45, 2.75) is 174 Å². The summed E-state index contributed by atoms with van der Waals surface area (Å²) < 4.78 is 32.4. The summed E-state index contributed by atoms with van der Waals surface area (Å²) in [7, 11) is -4.61. The summed E-state index contributed by atoms with van der Waals surface area (Å²) >= 11 is 0. The zero-order valence-corrected chi connectivity index (χ0v) is 29.9. The summed E-state index contributed by atoms with van der Waals surface area (Å²) in [5.74, 6) is -1.02. The predicted octanol–water partition coefficient (Wildman–Crippen LogP) is 8.50. The number of unbranched alkanes of at least 4 members (excludes halogenated alkanes) is 19. The Hall–Kier alpha value is -1.29. The van der Waals surface area contributed by atoms with Gasteiger partial charge in [-0.15, -0.1) is 0 Å². The van der Waals surface area contributed by atoms with Crippen LogP contribution >= 0.6 is 7.82 Å². The second-order valence-electron chi connectivity index (χ2n) is 12.3. The van der Waals surface area contributed by atoms with Crippen LogP contribution < -0.4 is 0 Å². The molecule has 0 fully saturated rings. The van der Waals surface area contributed by atoms with E-state index < -0.39 is 51.8 Å². The molecule has 0 rings (SSSR count). The van der Waals surface area contributed by atoms with E-state index in [2.05, 4.69) is 18.4 Å². The van der Waals surface area contributed by atoms with E-state index >= 15 is 0 Å². The monoisotopic (exact) mass is 678 g/mol. The molecule has 272 valence electrons. The topological polar surface area (TPSA) is 149 Å². The first-order chi connectivity index (χ1) is 22.2. The number of hydrogen-bond donors (Lipinski definition) is 3. The van der Waals surface area contributed by atoms with E-state index in [-0.39, 0.29) is 19.4 Å².